The summed E-state index contributed by atoms with van der Waals surface area (Å²) in [4.78, 5) is 33.9. The zero-order valence-corrected chi connectivity index (χ0v) is 17.3. The normalized spacial score (nSPS) is 18.0. The van der Waals surface area contributed by atoms with Crippen LogP contribution < -0.4 is 4.90 Å². The van der Waals surface area contributed by atoms with E-state index >= 15 is 0 Å². The molecule has 2 aliphatic rings. The van der Waals surface area contributed by atoms with E-state index in [4.69, 9.17) is 11.6 Å². The van der Waals surface area contributed by atoms with Crippen LogP contribution in [-0.4, -0.2) is 47.8 Å². The van der Waals surface area contributed by atoms with Gasteiger partial charge in [0.1, 0.15) is 5.82 Å². The van der Waals surface area contributed by atoms with E-state index in [0.29, 0.717) is 16.4 Å². The number of benzene rings is 1. The second kappa shape index (κ2) is 8.95. The lowest BCUT2D eigenvalue weighted by atomic mass is 9.89. The first kappa shape index (κ1) is 19.9. The number of anilines is 1. The summed E-state index contributed by atoms with van der Waals surface area (Å²) in [5.41, 5.74) is 1.33. The van der Waals surface area contributed by atoms with Crippen molar-refractivity contribution in [2.45, 2.75) is 32.1 Å². The second-order valence-corrected chi connectivity index (χ2v) is 8.28. The number of nitrogens with zero attached hydrogens (tertiary/aromatic N) is 3. The summed E-state index contributed by atoms with van der Waals surface area (Å²) in [7, 11) is 0. The van der Waals surface area contributed by atoms with E-state index < -0.39 is 0 Å². The van der Waals surface area contributed by atoms with Crippen LogP contribution in [0.2, 0.25) is 5.02 Å². The number of likely N-dealkylation sites (tertiary alicyclic amines) is 1. The summed E-state index contributed by atoms with van der Waals surface area (Å²) in [6.07, 6.45) is 6.49. The number of carbonyl (C=O) groups excluding carboxylic acids is 2. The van der Waals surface area contributed by atoms with Crippen molar-refractivity contribution in [1.82, 2.24) is 9.88 Å². The van der Waals surface area contributed by atoms with E-state index in [1.807, 2.05) is 35.2 Å². The summed E-state index contributed by atoms with van der Waals surface area (Å²) in [6, 6.07) is 11.2. The molecule has 0 radical (unpaired) electrons. The molecule has 152 valence electrons. The van der Waals surface area contributed by atoms with Gasteiger partial charge < -0.3 is 9.80 Å². The number of hydrogen-bond acceptors (Lipinski definition) is 4. The Hall–Kier alpha value is -2.40. The number of ketones is 1. The predicted octanol–water partition coefficient (Wildman–Crippen LogP) is 4.46. The van der Waals surface area contributed by atoms with E-state index in [9.17, 15) is 9.59 Å². The Morgan fingerprint density at radius 3 is 2.28 bits per heavy atom. The first-order chi connectivity index (χ1) is 14.1. The monoisotopic (exact) mass is 411 g/mol. The van der Waals surface area contributed by atoms with Gasteiger partial charge in [0.15, 0.2) is 5.78 Å². The van der Waals surface area contributed by atoms with Crippen molar-refractivity contribution in [2.24, 2.45) is 5.92 Å². The summed E-state index contributed by atoms with van der Waals surface area (Å²) in [5.74, 6) is 0.962. The highest BCUT2D eigenvalue weighted by Gasteiger charge is 2.28. The predicted molar refractivity (Wildman–Crippen MR) is 115 cm³/mol. The van der Waals surface area contributed by atoms with Crippen molar-refractivity contribution in [3.05, 3.63) is 58.7 Å². The van der Waals surface area contributed by atoms with E-state index in [-0.39, 0.29) is 17.6 Å². The zero-order valence-electron chi connectivity index (χ0n) is 16.5. The summed E-state index contributed by atoms with van der Waals surface area (Å²) < 4.78 is 0. The lowest BCUT2D eigenvalue weighted by Gasteiger charge is -2.33. The molecule has 1 aromatic carbocycles. The van der Waals surface area contributed by atoms with Crippen LogP contribution in [0.4, 0.5) is 5.82 Å². The SMILES string of the molecule is O=C(c1ccccc1)C1CCN(c2ncc(C(=O)N3CCCCC3)cc2Cl)CC1. The Labute approximate surface area is 176 Å². The number of rotatable bonds is 4. The van der Waals surface area contributed by atoms with Crippen LogP contribution in [0.15, 0.2) is 42.6 Å². The number of pyridine rings is 1. The maximum absolute atomic E-state index is 12.7. The maximum Gasteiger partial charge on any atom is 0.255 e. The van der Waals surface area contributed by atoms with Crippen molar-refractivity contribution in [3.63, 3.8) is 0 Å². The summed E-state index contributed by atoms with van der Waals surface area (Å²) in [5, 5.41) is 0.501. The van der Waals surface area contributed by atoms with Gasteiger partial charge in [-0.3, -0.25) is 9.59 Å². The molecule has 2 fully saturated rings. The van der Waals surface area contributed by atoms with Crippen molar-refractivity contribution in [1.29, 1.82) is 0 Å². The van der Waals surface area contributed by atoms with E-state index in [0.717, 1.165) is 57.4 Å². The van der Waals surface area contributed by atoms with Crippen LogP contribution in [0.3, 0.4) is 0 Å². The van der Waals surface area contributed by atoms with Crippen molar-refractivity contribution in [2.75, 3.05) is 31.1 Å². The molecule has 0 atom stereocenters. The highest BCUT2D eigenvalue weighted by molar-refractivity contribution is 6.33. The van der Waals surface area contributed by atoms with Crippen molar-refractivity contribution in [3.8, 4) is 0 Å². The Bertz CT molecular complexity index is 873. The lowest BCUT2D eigenvalue weighted by Crippen LogP contribution is -2.37. The molecule has 0 N–H and O–H groups in total. The van der Waals surface area contributed by atoms with Crippen LogP contribution in [0.5, 0.6) is 0 Å². The van der Waals surface area contributed by atoms with Crippen molar-refractivity contribution >= 4 is 29.1 Å². The molecular weight excluding hydrogens is 386 g/mol. The first-order valence-corrected chi connectivity index (χ1v) is 10.8. The minimum atomic E-state index is 0.0119. The summed E-state index contributed by atoms with van der Waals surface area (Å²) in [6.45, 7) is 3.08. The quantitative estimate of drug-likeness (QED) is 0.697. The minimum absolute atomic E-state index is 0.0119. The third-order valence-electron chi connectivity index (χ3n) is 5.94. The molecule has 29 heavy (non-hydrogen) atoms. The summed E-state index contributed by atoms with van der Waals surface area (Å²) >= 11 is 6.50. The fourth-order valence-corrected chi connectivity index (χ4v) is 4.54. The van der Waals surface area contributed by atoms with Crippen molar-refractivity contribution < 1.29 is 9.59 Å². The number of halogens is 1. The highest BCUT2D eigenvalue weighted by Crippen LogP contribution is 2.30. The number of piperidine rings is 2. The smallest absolute Gasteiger partial charge is 0.255 e. The molecule has 0 aliphatic carbocycles. The third kappa shape index (κ3) is 4.45. The largest absolute Gasteiger partial charge is 0.355 e. The molecule has 0 spiro atoms. The van der Waals surface area contributed by atoms with Crippen LogP contribution >= 0.6 is 11.6 Å². The topological polar surface area (TPSA) is 53.5 Å². The van der Waals surface area contributed by atoms with Crippen LogP contribution in [0.25, 0.3) is 0 Å². The molecule has 3 heterocycles. The van der Waals surface area contributed by atoms with Gasteiger partial charge in [-0.2, -0.15) is 0 Å². The van der Waals surface area contributed by atoms with Gasteiger partial charge in [-0.25, -0.2) is 4.98 Å². The molecular formula is C23H26ClN3O2. The first-order valence-electron chi connectivity index (χ1n) is 10.4. The third-order valence-corrected chi connectivity index (χ3v) is 6.21. The van der Waals surface area contributed by atoms with E-state index in [1.165, 1.54) is 6.42 Å². The lowest BCUT2D eigenvalue weighted by molar-refractivity contribution is 0.0723. The number of Topliss-reactive ketones (excluding diaryl/α,β-unsaturated/α-hetero) is 1. The van der Waals surface area contributed by atoms with Crippen LogP contribution in [-0.2, 0) is 0 Å². The molecule has 4 rings (SSSR count). The fraction of sp³-hybridized carbons (Fsp3) is 0.435. The van der Waals surface area contributed by atoms with E-state index in [1.54, 1.807) is 12.3 Å². The number of aromatic nitrogens is 1. The van der Waals surface area contributed by atoms with Crippen LogP contribution in [0, 0.1) is 5.92 Å². The highest BCUT2D eigenvalue weighted by atomic mass is 35.5. The van der Waals surface area contributed by atoms with Gasteiger partial charge in [-0.05, 0) is 38.2 Å². The second-order valence-electron chi connectivity index (χ2n) is 7.87. The van der Waals surface area contributed by atoms with Crippen LogP contribution in [0.1, 0.15) is 52.8 Å². The molecule has 0 saturated carbocycles. The fourth-order valence-electron chi connectivity index (χ4n) is 4.25. The molecule has 1 amide bonds. The molecule has 0 unspecified atom stereocenters. The standard InChI is InChI=1S/C23H26ClN3O2/c24-20-15-19(23(29)27-11-5-2-6-12-27)16-25-22(20)26-13-9-18(10-14-26)21(28)17-7-3-1-4-8-17/h1,3-4,7-8,15-16,18H,2,5-6,9-14H2. The minimum Gasteiger partial charge on any atom is -0.355 e. The Balaban J connectivity index is 1.39. The van der Waals surface area contributed by atoms with Gasteiger partial charge in [-0.15, -0.1) is 0 Å². The van der Waals surface area contributed by atoms with Gasteiger partial charge in [0.25, 0.3) is 5.91 Å². The maximum atomic E-state index is 12.7. The molecule has 0 bridgehead atoms. The molecule has 6 heteroatoms. The van der Waals surface area contributed by atoms with E-state index in [2.05, 4.69) is 9.88 Å². The number of hydrogen-bond donors (Lipinski definition) is 0. The molecule has 1 aromatic heterocycles. The molecule has 2 saturated heterocycles. The Morgan fingerprint density at radius 2 is 1.62 bits per heavy atom. The molecule has 2 aromatic rings. The van der Waals surface area contributed by atoms with Gasteiger partial charge in [-0.1, -0.05) is 41.9 Å². The van der Waals surface area contributed by atoms with Gasteiger partial charge in [0, 0.05) is 43.9 Å². The average molecular weight is 412 g/mol. The van der Waals surface area contributed by atoms with Gasteiger partial charge in [0.2, 0.25) is 0 Å². The Kier molecular flexibility index (Phi) is 6.14. The number of amides is 1. The Morgan fingerprint density at radius 1 is 0.931 bits per heavy atom. The zero-order chi connectivity index (χ0) is 20.2. The average Bonchev–Trinajstić information content (AvgIpc) is 2.79. The molecule has 2 aliphatic heterocycles. The number of carbonyl (C=O) groups is 2. The van der Waals surface area contributed by atoms with Gasteiger partial charge >= 0.3 is 0 Å². The van der Waals surface area contributed by atoms with Gasteiger partial charge in [0.05, 0.1) is 10.6 Å². The molecule has 5 nitrogen and oxygen atoms in total.